The van der Waals surface area contributed by atoms with Crippen molar-refractivity contribution in [2.45, 2.75) is 38.8 Å². The minimum absolute atomic E-state index is 0.00264. The van der Waals surface area contributed by atoms with Crippen molar-refractivity contribution in [3.63, 3.8) is 0 Å². The lowest BCUT2D eigenvalue weighted by molar-refractivity contribution is -0.157. The predicted molar refractivity (Wildman–Crippen MR) is 64.4 cm³/mol. The minimum Gasteiger partial charge on any atom is -0.467 e. The Balaban J connectivity index is 2.86. The number of rotatable bonds is 4. The number of hydrogen-bond acceptors (Lipinski definition) is 4. The summed E-state index contributed by atoms with van der Waals surface area (Å²) in [6, 6.07) is -0.640. The van der Waals surface area contributed by atoms with E-state index in [-0.39, 0.29) is 23.8 Å². The van der Waals surface area contributed by atoms with Gasteiger partial charge >= 0.3 is 5.97 Å². The molecule has 1 fully saturated rings. The van der Waals surface area contributed by atoms with Gasteiger partial charge in [0.15, 0.2) is 0 Å². The summed E-state index contributed by atoms with van der Waals surface area (Å²) in [6.07, 6.45) is 1.75. The Labute approximate surface area is 102 Å². The molecule has 1 amide bonds. The Morgan fingerprint density at radius 1 is 1.53 bits per heavy atom. The van der Waals surface area contributed by atoms with Crippen molar-refractivity contribution in [2.24, 2.45) is 5.92 Å². The molecule has 5 nitrogen and oxygen atoms in total. The number of carbonyl (C=O) groups excluding carboxylic acids is 2. The number of nitrogens with one attached hydrogen (secondary N) is 1. The Kier molecular flexibility index (Phi) is 4.93. The largest absolute Gasteiger partial charge is 0.467 e. The molecule has 98 valence electrons. The number of ether oxygens (including phenoxy) is 1. The Hall–Kier alpha value is -1.10. The van der Waals surface area contributed by atoms with Gasteiger partial charge < -0.3 is 15.0 Å². The van der Waals surface area contributed by atoms with E-state index in [0.29, 0.717) is 6.54 Å². The van der Waals surface area contributed by atoms with Crippen LogP contribution in [0.3, 0.4) is 0 Å². The molecule has 0 spiro atoms. The van der Waals surface area contributed by atoms with Gasteiger partial charge in [-0.25, -0.2) is 4.79 Å². The second kappa shape index (κ2) is 6.00. The van der Waals surface area contributed by atoms with Crippen LogP contribution >= 0.6 is 0 Å². The second-order valence-electron chi connectivity index (χ2n) is 4.73. The van der Waals surface area contributed by atoms with E-state index in [1.54, 1.807) is 11.9 Å². The van der Waals surface area contributed by atoms with Crippen molar-refractivity contribution < 1.29 is 14.3 Å². The lowest BCUT2D eigenvalue weighted by atomic mass is 9.97. The Morgan fingerprint density at radius 3 is 2.65 bits per heavy atom. The fraction of sp³-hybridized carbons (Fsp3) is 0.833. The Bertz CT molecular complexity index is 291. The standard InChI is InChI=1S/C12H22N2O3/c1-8(2)10(12(16)17-4)14-7-5-6-9(13-3)11(14)15/h8-10,13H,5-7H2,1-4H3. The highest BCUT2D eigenvalue weighted by Gasteiger charge is 2.37. The number of nitrogens with zero attached hydrogens (tertiary/aromatic N) is 1. The van der Waals surface area contributed by atoms with E-state index in [0.717, 1.165) is 12.8 Å². The zero-order chi connectivity index (χ0) is 13.0. The van der Waals surface area contributed by atoms with E-state index >= 15 is 0 Å². The van der Waals surface area contributed by atoms with Crippen LogP contribution in [0, 0.1) is 5.92 Å². The van der Waals surface area contributed by atoms with Crippen molar-refractivity contribution in [1.29, 1.82) is 0 Å². The molecule has 1 rings (SSSR count). The molecule has 0 bridgehead atoms. The van der Waals surface area contributed by atoms with E-state index < -0.39 is 6.04 Å². The van der Waals surface area contributed by atoms with Crippen LogP contribution in [-0.2, 0) is 14.3 Å². The molecule has 0 saturated carbocycles. The SMILES string of the molecule is CNC1CCCN(C(C(=O)OC)C(C)C)C1=O. The van der Waals surface area contributed by atoms with Crippen LogP contribution in [0.25, 0.3) is 0 Å². The molecule has 1 aliphatic heterocycles. The van der Waals surface area contributed by atoms with Crippen LogP contribution in [-0.4, -0.2) is 49.6 Å². The van der Waals surface area contributed by atoms with Crippen LogP contribution in [0.1, 0.15) is 26.7 Å². The number of carbonyl (C=O) groups is 2. The molecule has 0 aromatic heterocycles. The highest BCUT2D eigenvalue weighted by Crippen LogP contribution is 2.20. The van der Waals surface area contributed by atoms with Crippen molar-refractivity contribution in [1.82, 2.24) is 10.2 Å². The van der Waals surface area contributed by atoms with Crippen LogP contribution in [0.2, 0.25) is 0 Å². The topological polar surface area (TPSA) is 58.6 Å². The fourth-order valence-corrected chi connectivity index (χ4v) is 2.32. The molecule has 5 heteroatoms. The van der Waals surface area contributed by atoms with Crippen LogP contribution in [0.15, 0.2) is 0 Å². The molecule has 0 aliphatic carbocycles. The first kappa shape index (κ1) is 14.0. The molecule has 0 aromatic rings. The molecule has 0 radical (unpaired) electrons. The molecule has 2 atom stereocenters. The number of amides is 1. The summed E-state index contributed by atoms with van der Waals surface area (Å²) in [5.41, 5.74) is 0. The van der Waals surface area contributed by atoms with Gasteiger partial charge in [0.05, 0.1) is 13.2 Å². The average Bonchev–Trinajstić information content (AvgIpc) is 2.31. The number of likely N-dealkylation sites (N-methyl/N-ethyl adjacent to an activating group) is 1. The fourth-order valence-electron chi connectivity index (χ4n) is 2.32. The minimum atomic E-state index is -0.469. The predicted octanol–water partition coefficient (Wildman–Crippen LogP) is 0.394. The summed E-state index contributed by atoms with van der Waals surface area (Å²) in [7, 11) is 3.14. The summed E-state index contributed by atoms with van der Waals surface area (Å²) in [6.45, 7) is 4.49. The first-order valence-corrected chi connectivity index (χ1v) is 6.08. The maximum atomic E-state index is 12.2. The van der Waals surface area contributed by atoms with E-state index in [1.807, 2.05) is 13.8 Å². The summed E-state index contributed by atoms with van der Waals surface area (Å²) < 4.78 is 4.79. The van der Waals surface area contributed by atoms with E-state index in [9.17, 15) is 9.59 Å². The molecule has 17 heavy (non-hydrogen) atoms. The molecular formula is C12H22N2O3. The quantitative estimate of drug-likeness (QED) is 0.725. The van der Waals surface area contributed by atoms with Gasteiger partial charge in [0.2, 0.25) is 5.91 Å². The maximum Gasteiger partial charge on any atom is 0.328 e. The van der Waals surface area contributed by atoms with Crippen LogP contribution in [0.5, 0.6) is 0 Å². The first-order chi connectivity index (χ1) is 8.02. The summed E-state index contributed by atoms with van der Waals surface area (Å²) in [5, 5.41) is 2.99. The zero-order valence-corrected chi connectivity index (χ0v) is 11.0. The van der Waals surface area contributed by atoms with Gasteiger partial charge in [-0.2, -0.15) is 0 Å². The van der Waals surface area contributed by atoms with Gasteiger partial charge in [0.1, 0.15) is 6.04 Å². The monoisotopic (exact) mass is 242 g/mol. The van der Waals surface area contributed by atoms with Crippen LogP contribution < -0.4 is 5.32 Å². The van der Waals surface area contributed by atoms with Crippen molar-refractivity contribution >= 4 is 11.9 Å². The second-order valence-corrected chi connectivity index (χ2v) is 4.73. The van der Waals surface area contributed by atoms with Crippen molar-refractivity contribution in [3.05, 3.63) is 0 Å². The first-order valence-electron chi connectivity index (χ1n) is 6.08. The van der Waals surface area contributed by atoms with Gasteiger partial charge in [-0.05, 0) is 25.8 Å². The zero-order valence-electron chi connectivity index (χ0n) is 11.0. The molecule has 1 aliphatic rings. The van der Waals surface area contributed by atoms with Crippen LogP contribution in [0.4, 0.5) is 0 Å². The summed E-state index contributed by atoms with van der Waals surface area (Å²) in [4.78, 5) is 25.6. The number of likely N-dealkylation sites (tertiary alicyclic amines) is 1. The highest BCUT2D eigenvalue weighted by molar-refractivity contribution is 5.88. The molecule has 1 heterocycles. The maximum absolute atomic E-state index is 12.2. The van der Waals surface area contributed by atoms with Crippen molar-refractivity contribution in [3.8, 4) is 0 Å². The van der Waals surface area contributed by atoms with Crippen molar-refractivity contribution in [2.75, 3.05) is 20.7 Å². The highest BCUT2D eigenvalue weighted by atomic mass is 16.5. The third kappa shape index (κ3) is 2.97. The number of esters is 1. The normalized spacial score (nSPS) is 22.8. The van der Waals surface area contributed by atoms with Gasteiger partial charge in [-0.3, -0.25) is 4.79 Å². The van der Waals surface area contributed by atoms with E-state index in [1.165, 1.54) is 7.11 Å². The molecule has 1 N–H and O–H groups in total. The van der Waals surface area contributed by atoms with Gasteiger partial charge in [0, 0.05) is 6.54 Å². The van der Waals surface area contributed by atoms with E-state index in [4.69, 9.17) is 4.74 Å². The molecule has 2 unspecified atom stereocenters. The summed E-state index contributed by atoms with van der Waals surface area (Å²) in [5.74, 6) is -0.269. The average molecular weight is 242 g/mol. The number of hydrogen-bond donors (Lipinski definition) is 1. The molecule has 0 aromatic carbocycles. The van der Waals surface area contributed by atoms with Gasteiger partial charge in [0.25, 0.3) is 0 Å². The molecular weight excluding hydrogens is 220 g/mol. The molecule has 1 saturated heterocycles. The Morgan fingerprint density at radius 2 is 2.18 bits per heavy atom. The lowest BCUT2D eigenvalue weighted by Gasteiger charge is -2.38. The summed E-state index contributed by atoms with van der Waals surface area (Å²) >= 11 is 0. The number of methoxy groups -OCH3 is 1. The number of piperidine rings is 1. The van der Waals surface area contributed by atoms with Gasteiger partial charge in [-0.1, -0.05) is 13.8 Å². The third-order valence-electron chi connectivity index (χ3n) is 3.23. The third-order valence-corrected chi connectivity index (χ3v) is 3.23. The van der Waals surface area contributed by atoms with E-state index in [2.05, 4.69) is 5.32 Å². The lowest BCUT2D eigenvalue weighted by Crippen LogP contribution is -2.57. The van der Waals surface area contributed by atoms with Gasteiger partial charge in [-0.15, -0.1) is 0 Å². The smallest absolute Gasteiger partial charge is 0.328 e.